The van der Waals surface area contributed by atoms with E-state index >= 15 is 0 Å². The molecule has 0 aliphatic carbocycles. The number of carbonyl (C=O) groups excluding carboxylic acids is 1. The molecule has 1 aromatic heterocycles. The second-order valence-corrected chi connectivity index (χ2v) is 4.43. The summed E-state index contributed by atoms with van der Waals surface area (Å²) in [6.07, 6.45) is 3.33. The third-order valence-electron chi connectivity index (χ3n) is 2.60. The lowest BCUT2D eigenvalue weighted by Gasteiger charge is -2.18. The summed E-state index contributed by atoms with van der Waals surface area (Å²) in [6, 6.07) is -1.07. The molecule has 20 heavy (non-hydrogen) atoms. The van der Waals surface area contributed by atoms with Crippen LogP contribution in [0.25, 0.3) is 0 Å². The van der Waals surface area contributed by atoms with E-state index in [-0.39, 0.29) is 18.9 Å². The van der Waals surface area contributed by atoms with Gasteiger partial charge in [-0.25, -0.2) is 9.78 Å². The molecule has 0 aliphatic rings. The fourth-order valence-electron chi connectivity index (χ4n) is 1.52. The molecule has 1 unspecified atom stereocenters. The fourth-order valence-corrected chi connectivity index (χ4v) is 1.52. The second-order valence-electron chi connectivity index (χ2n) is 4.43. The van der Waals surface area contributed by atoms with E-state index in [0.29, 0.717) is 5.69 Å². The minimum absolute atomic E-state index is 0.0890. The Hall–Kier alpha value is -2.58. The van der Waals surface area contributed by atoms with E-state index in [4.69, 9.17) is 16.2 Å². The van der Waals surface area contributed by atoms with Crippen molar-refractivity contribution in [2.24, 2.45) is 12.8 Å². The quantitative estimate of drug-likeness (QED) is 0.364. The molecule has 0 saturated carbocycles. The molecule has 1 aromatic rings. The maximum atomic E-state index is 11.7. The monoisotopic (exact) mass is 282 g/mol. The van der Waals surface area contributed by atoms with Gasteiger partial charge < -0.3 is 25.6 Å². The number of carboxylic acid groups (broad SMARTS) is 1. The minimum atomic E-state index is -1.14. The van der Waals surface area contributed by atoms with Gasteiger partial charge in [-0.15, -0.1) is 0 Å². The molecule has 5 N–H and O–H groups in total. The molecule has 1 heterocycles. The van der Waals surface area contributed by atoms with Crippen LogP contribution in [0.1, 0.15) is 5.69 Å². The molecule has 0 aromatic carbocycles. The minimum Gasteiger partial charge on any atom is -0.480 e. The van der Waals surface area contributed by atoms with E-state index in [1.807, 2.05) is 0 Å². The van der Waals surface area contributed by atoms with Crippen molar-refractivity contribution in [2.75, 3.05) is 13.6 Å². The Morgan fingerprint density at radius 2 is 2.30 bits per heavy atom. The summed E-state index contributed by atoms with van der Waals surface area (Å²) in [6.45, 7) is -0.179. The van der Waals surface area contributed by atoms with Gasteiger partial charge >= 0.3 is 5.97 Å². The number of nitrogens with one attached hydrogen (secondary N) is 2. The molecule has 0 bridgehead atoms. The van der Waals surface area contributed by atoms with Gasteiger partial charge in [0.1, 0.15) is 6.04 Å². The zero-order chi connectivity index (χ0) is 15.3. The Labute approximate surface area is 115 Å². The number of carbonyl (C=O) groups is 2. The maximum Gasteiger partial charge on any atom is 0.326 e. The van der Waals surface area contributed by atoms with Gasteiger partial charge in [-0.1, -0.05) is 0 Å². The van der Waals surface area contributed by atoms with Crippen molar-refractivity contribution in [3.63, 3.8) is 0 Å². The van der Waals surface area contributed by atoms with Crippen molar-refractivity contribution >= 4 is 17.8 Å². The zero-order valence-electron chi connectivity index (χ0n) is 11.3. The first kappa shape index (κ1) is 15.5. The largest absolute Gasteiger partial charge is 0.480 e. The number of amides is 1. The van der Waals surface area contributed by atoms with Gasteiger partial charge in [-0.3, -0.25) is 10.2 Å². The average molecular weight is 282 g/mol. The molecule has 0 radical (unpaired) electrons. The van der Waals surface area contributed by atoms with Crippen molar-refractivity contribution in [3.05, 3.63) is 18.2 Å². The van der Waals surface area contributed by atoms with Crippen molar-refractivity contribution in [1.29, 1.82) is 5.41 Å². The number of aromatic nitrogens is 2. The first-order valence-corrected chi connectivity index (χ1v) is 5.83. The molecule has 0 fully saturated rings. The lowest BCUT2D eigenvalue weighted by atomic mass is 10.1. The summed E-state index contributed by atoms with van der Waals surface area (Å²) in [4.78, 5) is 28.0. The Morgan fingerprint density at radius 1 is 1.65 bits per heavy atom. The normalized spacial score (nSPS) is 11.7. The van der Waals surface area contributed by atoms with Gasteiger partial charge in [-0.05, 0) is 0 Å². The Bertz CT molecular complexity index is 512. The van der Waals surface area contributed by atoms with Crippen molar-refractivity contribution in [3.8, 4) is 0 Å². The van der Waals surface area contributed by atoms with E-state index in [0.717, 1.165) is 0 Å². The highest BCUT2D eigenvalue weighted by Gasteiger charge is 2.22. The number of carboxylic acids is 1. The van der Waals surface area contributed by atoms with E-state index in [1.165, 1.54) is 11.9 Å². The molecule has 9 nitrogen and oxygen atoms in total. The molecule has 9 heteroatoms. The smallest absolute Gasteiger partial charge is 0.326 e. The van der Waals surface area contributed by atoms with Crippen LogP contribution < -0.4 is 11.1 Å². The average Bonchev–Trinajstić information content (AvgIpc) is 2.73. The molecule has 110 valence electrons. The number of rotatable bonds is 6. The molecule has 1 atom stereocenters. The van der Waals surface area contributed by atoms with E-state index in [1.54, 1.807) is 24.1 Å². The molecular weight excluding hydrogens is 264 g/mol. The van der Waals surface area contributed by atoms with Gasteiger partial charge in [-0.2, -0.15) is 0 Å². The van der Waals surface area contributed by atoms with Crippen LogP contribution in [0.15, 0.2) is 12.5 Å². The van der Waals surface area contributed by atoms with E-state index in [9.17, 15) is 9.59 Å². The maximum absolute atomic E-state index is 11.7. The van der Waals surface area contributed by atoms with Gasteiger partial charge in [0.05, 0.1) is 18.6 Å². The molecule has 0 spiro atoms. The van der Waals surface area contributed by atoms with Crippen LogP contribution in [-0.2, 0) is 23.1 Å². The van der Waals surface area contributed by atoms with Crippen molar-refractivity contribution < 1.29 is 14.7 Å². The fraction of sp³-hybridized carbons (Fsp3) is 0.455. The standard InChI is InChI=1S/C11H18N6O3/c1-16-4-7(14-6-16)3-8(10(19)20)15-9(18)5-17(2)11(12)13/h4,6,8H,3,5H2,1-2H3,(H3,12,13)(H,15,18)(H,19,20). The third-order valence-corrected chi connectivity index (χ3v) is 2.60. The topological polar surface area (TPSA) is 137 Å². The summed E-state index contributed by atoms with van der Waals surface area (Å²) in [7, 11) is 3.24. The van der Waals surface area contributed by atoms with Crippen LogP contribution in [0.3, 0.4) is 0 Å². The third kappa shape index (κ3) is 4.59. The summed E-state index contributed by atoms with van der Waals surface area (Å²) >= 11 is 0. The highest BCUT2D eigenvalue weighted by atomic mass is 16.4. The predicted molar refractivity (Wildman–Crippen MR) is 71.0 cm³/mol. The van der Waals surface area contributed by atoms with Crippen LogP contribution in [0, 0.1) is 5.41 Å². The van der Waals surface area contributed by atoms with E-state index < -0.39 is 17.9 Å². The van der Waals surface area contributed by atoms with Gasteiger partial charge in [0.25, 0.3) is 0 Å². The van der Waals surface area contributed by atoms with Gasteiger partial charge in [0.2, 0.25) is 5.91 Å². The number of aliphatic carboxylic acids is 1. The number of imidazole rings is 1. The molecule has 1 amide bonds. The lowest BCUT2D eigenvalue weighted by Crippen LogP contribution is -2.48. The number of nitrogens with two attached hydrogens (primary N) is 1. The van der Waals surface area contributed by atoms with Crippen LogP contribution in [-0.4, -0.2) is 57.0 Å². The Morgan fingerprint density at radius 3 is 2.75 bits per heavy atom. The highest BCUT2D eigenvalue weighted by molar-refractivity contribution is 5.87. The highest BCUT2D eigenvalue weighted by Crippen LogP contribution is 2.00. The molecule has 0 aliphatic heterocycles. The van der Waals surface area contributed by atoms with Crippen LogP contribution >= 0.6 is 0 Å². The number of guanidine groups is 1. The first-order valence-electron chi connectivity index (χ1n) is 5.83. The SMILES string of the molecule is CN(CC(=O)NC(Cc1cn(C)cn1)C(=O)O)C(=N)N. The number of hydrogen-bond acceptors (Lipinski definition) is 4. The Balaban J connectivity index is 2.61. The van der Waals surface area contributed by atoms with E-state index in [2.05, 4.69) is 10.3 Å². The van der Waals surface area contributed by atoms with Gasteiger partial charge in [0.15, 0.2) is 5.96 Å². The Kier molecular flexibility index (Phi) is 5.07. The summed E-state index contributed by atoms with van der Waals surface area (Å²) < 4.78 is 1.69. The van der Waals surface area contributed by atoms with Crippen LogP contribution in [0.2, 0.25) is 0 Å². The predicted octanol–water partition coefficient (Wildman–Crippen LogP) is -1.64. The second kappa shape index (κ2) is 6.55. The lowest BCUT2D eigenvalue weighted by molar-refractivity contribution is -0.141. The van der Waals surface area contributed by atoms with Crippen LogP contribution in [0.4, 0.5) is 0 Å². The zero-order valence-corrected chi connectivity index (χ0v) is 11.3. The number of likely N-dealkylation sites (N-methyl/N-ethyl adjacent to an activating group) is 1. The number of nitrogens with zero attached hydrogens (tertiary/aromatic N) is 3. The number of hydrogen-bond donors (Lipinski definition) is 4. The molecule has 0 saturated heterocycles. The summed E-state index contributed by atoms with van der Waals surface area (Å²) in [5.41, 5.74) is 5.77. The molecular formula is C11H18N6O3. The molecule has 1 rings (SSSR count). The van der Waals surface area contributed by atoms with Crippen LogP contribution in [0.5, 0.6) is 0 Å². The van der Waals surface area contributed by atoms with Gasteiger partial charge in [0, 0.05) is 26.7 Å². The van der Waals surface area contributed by atoms with Crippen molar-refractivity contribution in [2.45, 2.75) is 12.5 Å². The number of aryl methyl sites for hydroxylation is 1. The van der Waals surface area contributed by atoms with Crippen molar-refractivity contribution in [1.82, 2.24) is 19.8 Å². The summed E-state index contributed by atoms with van der Waals surface area (Å²) in [5.74, 6) is -1.93. The first-order chi connectivity index (χ1) is 9.29. The summed E-state index contributed by atoms with van der Waals surface area (Å²) in [5, 5.41) is 18.6.